The smallest absolute Gasteiger partial charge is 0.397 e. The number of aliphatic hydroxyl groups is 2. The van der Waals surface area contributed by atoms with Crippen molar-refractivity contribution in [2.24, 2.45) is 0 Å². The molecule has 374 valence electrons. The number of hydrogen-bond acceptors (Lipinski definition) is 11. The standard InChI is InChI=1S/C50H77Cl2NO12S/c1-2-3-4-5-6-7-8-15-20-25-42(62-45(56)26-21-16-11-9-13-18-23-38-28-32-40(51)33-29-38)36-44(55)53-47-49(48(65-66(59,60)61)43(37-54)63-50(47)58)64-46(57)27-22-17-12-10-14-19-24-39-30-34-41(52)35-31-39/h28-35,42-43,47-50,54,58H,2-27,36-37H2,1H3,(H,53,55)(H,59,60,61)/t42-,43+,47+,48+,49+,50?/m0/s1. The molecule has 1 fully saturated rings. The Morgan fingerprint density at radius 1 is 0.667 bits per heavy atom. The lowest BCUT2D eigenvalue weighted by molar-refractivity contribution is -0.254. The largest absolute Gasteiger partial charge is 0.462 e. The van der Waals surface area contributed by atoms with Crippen LogP contribution in [0.3, 0.4) is 0 Å². The van der Waals surface area contributed by atoms with Crippen LogP contribution in [0.1, 0.15) is 179 Å². The van der Waals surface area contributed by atoms with Gasteiger partial charge in [0.25, 0.3) is 0 Å². The molecule has 1 saturated heterocycles. The number of halogens is 2. The number of rotatable bonds is 36. The molecule has 0 spiro atoms. The molecular formula is C50H77Cl2NO12S. The van der Waals surface area contributed by atoms with Gasteiger partial charge < -0.3 is 29.7 Å². The molecule has 3 rings (SSSR count). The Hall–Kier alpha value is -2.82. The second kappa shape index (κ2) is 33.6. The third kappa shape index (κ3) is 25.5. The van der Waals surface area contributed by atoms with E-state index in [1.807, 2.05) is 48.5 Å². The van der Waals surface area contributed by atoms with Crippen LogP contribution in [-0.2, 0) is 56.0 Å². The lowest BCUT2D eigenvalue weighted by Crippen LogP contribution is -2.66. The van der Waals surface area contributed by atoms with Crippen molar-refractivity contribution in [1.82, 2.24) is 5.32 Å². The maximum atomic E-state index is 13.7. The van der Waals surface area contributed by atoms with Gasteiger partial charge in [-0.05, 0) is 86.8 Å². The highest BCUT2D eigenvalue weighted by atomic mass is 35.5. The summed E-state index contributed by atoms with van der Waals surface area (Å²) < 4.78 is 55.3. The third-order valence-electron chi connectivity index (χ3n) is 12.0. The Balaban J connectivity index is 1.55. The number of ether oxygens (including phenoxy) is 3. The van der Waals surface area contributed by atoms with Crippen LogP contribution in [0.4, 0.5) is 0 Å². The van der Waals surface area contributed by atoms with Crippen molar-refractivity contribution in [3.8, 4) is 0 Å². The van der Waals surface area contributed by atoms with E-state index in [4.69, 9.17) is 41.6 Å². The molecule has 1 amide bonds. The summed E-state index contributed by atoms with van der Waals surface area (Å²) in [5.41, 5.74) is 2.48. The van der Waals surface area contributed by atoms with Gasteiger partial charge >= 0.3 is 22.3 Å². The summed E-state index contributed by atoms with van der Waals surface area (Å²) in [5, 5.41) is 25.1. The van der Waals surface area contributed by atoms with Gasteiger partial charge in [0, 0.05) is 22.9 Å². The minimum Gasteiger partial charge on any atom is -0.462 e. The minimum atomic E-state index is -5.18. The molecule has 0 saturated carbocycles. The first kappa shape index (κ1) is 57.5. The van der Waals surface area contributed by atoms with Crippen molar-refractivity contribution in [2.75, 3.05) is 6.61 Å². The molecule has 4 N–H and O–H groups in total. The molecule has 6 atom stereocenters. The SMILES string of the molecule is CCCCCCCCCCC[C@@H](CC(=O)N[C@H]1C(O)O[C@H](CO)[C@@H](OS(=O)(=O)O)[C@@H]1OC(=O)CCCCCCCCc1ccc(Cl)cc1)OC(=O)CCCCCCCCc1ccc(Cl)cc1. The van der Waals surface area contributed by atoms with E-state index >= 15 is 0 Å². The first-order chi connectivity index (χ1) is 31.8. The van der Waals surface area contributed by atoms with Crippen molar-refractivity contribution in [3.05, 3.63) is 69.7 Å². The zero-order valence-corrected chi connectivity index (χ0v) is 41.4. The molecule has 16 heteroatoms. The van der Waals surface area contributed by atoms with Crippen molar-refractivity contribution < 1.29 is 56.0 Å². The Bertz CT molecular complexity index is 1750. The topological polar surface area (TPSA) is 195 Å². The van der Waals surface area contributed by atoms with Crippen LogP contribution >= 0.6 is 23.2 Å². The first-order valence-corrected chi connectivity index (χ1v) is 26.7. The number of aliphatic hydroxyl groups excluding tert-OH is 2. The Morgan fingerprint density at radius 2 is 1.12 bits per heavy atom. The van der Waals surface area contributed by atoms with Crippen molar-refractivity contribution in [2.45, 2.75) is 217 Å². The van der Waals surface area contributed by atoms with Crippen LogP contribution in [0.5, 0.6) is 0 Å². The fourth-order valence-electron chi connectivity index (χ4n) is 8.32. The summed E-state index contributed by atoms with van der Waals surface area (Å²) in [4.78, 5) is 40.0. The van der Waals surface area contributed by atoms with Gasteiger partial charge in [0.2, 0.25) is 5.91 Å². The van der Waals surface area contributed by atoms with E-state index < -0.39 is 71.6 Å². The summed E-state index contributed by atoms with van der Waals surface area (Å²) in [7, 11) is -5.18. The predicted molar refractivity (Wildman–Crippen MR) is 257 cm³/mol. The highest BCUT2D eigenvalue weighted by Gasteiger charge is 2.50. The molecule has 1 aliphatic rings. The molecule has 13 nitrogen and oxygen atoms in total. The number of hydrogen-bond donors (Lipinski definition) is 4. The molecular weight excluding hydrogens is 910 g/mol. The van der Waals surface area contributed by atoms with Crippen LogP contribution in [0, 0.1) is 0 Å². The van der Waals surface area contributed by atoms with Crippen molar-refractivity contribution in [3.63, 3.8) is 0 Å². The van der Waals surface area contributed by atoms with Crippen LogP contribution in [-0.4, -0.2) is 84.4 Å². The Kier molecular flexibility index (Phi) is 29.3. The van der Waals surface area contributed by atoms with E-state index in [1.165, 1.54) is 36.8 Å². The molecule has 0 bridgehead atoms. The maximum absolute atomic E-state index is 13.7. The van der Waals surface area contributed by atoms with Gasteiger partial charge in [-0.25, -0.2) is 4.18 Å². The second-order valence-corrected chi connectivity index (χ2v) is 19.6. The third-order valence-corrected chi connectivity index (χ3v) is 13.0. The number of amides is 1. The van der Waals surface area contributed by atoms with Crippen molar-refractivity contribution >= 4 is 51.4 Å². The molecule has 2 aromatic rings. The normalized spacial score (nSPS) is 19.0. The average Bonchev–Trinajstić information content (AvgIpc) is 3.27. The van der Waals surface area contributed by atoms with E-state index in [0.29, 0.717) is 24.3 Å². The van der Waals surface area contributed by atoms with E-state index in [9.17, 15) is 37.6 Å². The average molecular weight is 987 g/mol. The highest BCUT2D eigenvalue weighted by Crippen LogP contribution is 2.28. The number of carbonyl (C=O) groups excluding carboxylic acids is 3. The van der Waals surface area contributed by atoms with E-state index in [-0.39, 0.29) is 19.3 Å². The number of unbranched alkanes of at least 4 members (excludes halogenated alkanes) is 18. The summed E-state index contributed by atoms with van der Waals surface area (Å²) >= 11 is 12.0. The van der Waals surface area contributed by atoms with Crippen LogP contribution in [0.2, 0.25) is 10.0 Å². The minimum absolute atomic E-state index is 0.0532. The highest BCUT2D eigenvalue weighted by molar-refractivity contribution is 7.80. The molecule has 1 unspecified atom stereocenters. The van der Waals surface area contributed by atoms with Crippen LogP contribution in [0.15, 0.2) is 48.5 Å². The summed E-state index contributed by atoms with van der Waals surface area (Å²) in [5.74, 6) is -1.85. The van der Waals surface area contributed by atoms with Crippen molar-refractivity contribution in [1.29, 1.82) is 0 Å². The van der Waals surface area contributed by atoms with Gasteiger partial charge in [-0.1, -0.05) is 157 Å². The van der Waals surface area contributed by atoms with Gasteiger partial charge in [0.15, 0.2) is 12.4 Å². The van der Waals surface area contributed by atoms with Gasteiger partial charge in [0.05, 0.1) is 13.0 Å². The molecule has 0 radical (unpaired) electrons. The number of esters is 2. The van der Waals surface area contributed by atoms with Crippen LogP contribution < -0.4 is 5.32 Å². The quantitative estimate of drug-likeness (QED) is 0.0287. The lowest BCUT2D eigenvalue weighted by atomic mass is 9.96. The van der Waals surface area contributed by atoms with Gasteiger partial charge in [-0.3, -0.25) is 18.9 Å². The summed E-state index contributed by atoms with van der Waals surface area (Å²) in [6.45, 7) is 1.32. The molecule has 0 aliphatic carbocycles. The number of carbonyl (C=O) groups is 3. The maximum Gasteiger partial charge on any atom is 0.397 e. The van der Waals surface area contributed by atoms with E-state index in [2.05, 4.69) is 12.2 Å². The Labute approximate surface area is 404 Å². The van der Waals surface area contributed by atoms with Crippen LogP contribution in [0.25, 0.3) is 0 Å². The molecule has 1 aliphatic heterocycles. The van der Waals surface area contributed by atoms with Gasteiger partial charge in [-0.2, -0.15) is 8.42 Å². The summed E-state index contributed by atoms with van der Waals surface area (Å²) in [6, 6.07) is 14.1. The number of aryl methyl sites for hydroxylation is 2. The molecule has 1 heterocycles. The summed E-state index contributed by atoms with van der Waals surface area (Å²) in [6.07, 6.45) is 15.0. The zero-order chi connectivity index (χ0) is 48.0. The molecule has 0 aromatic heterocycles. The first-order valence-electron chi connectivity index (χ1n) is 24.5. The van der Waals surface area contributed by atoms with Gasteiger partial charge in [-0.15, -0.1) is 0 Å². The van der Waals surface area contributed by atoms with E-state index in [1.54, 1.807) is 0 Å². The fourth-order valence-corrected chi connectivity index (χ4v) is 9.09. The zero-order valence-electron chi connectivity index (χ0n) is 39.1. The Morgan fingerprint density at radius 3 is 1.61 bits per heavy atom. The molecule has 66 heavy (non-hydrogen) atoms. The number of nitrogens with one attached hydrogen (secondary N) is 1. The molecule has 2 aromatic carbocycles. The monoisotopic (exact) mass is 985 g/mol. The van der Waals surface area contributed by atoms with Gasteiger partial charge in [0.1, 0.15) is 24.4 Å². The second-order valence-electron chi connectivity index (χ2n) is 17.7. The number of benzene rings is 2. The predicted octanol–water partition coefficient (Wildman–Crippen LogP) is 10.8. The lowest BCUT2D eigenvalue weighted by Gasteiger charge is -2.43. The fraction of sp³-hybridized carbons (Fsp3) is 0.700. The van der Waals surface area contributed by atoms with E-state index in [0.717, 1.165) is 114 Å².